The summed E-state index contributed by atoms with van der Waals surface area (Å²) in [5.74, 6) is -0.106. The molecule has 4 nitrogen and oxygen atoms in total. The summed E-state index contributed by atoms with van der Waals surface area (Å²) in [4.78, 5) is 18.5. The van der Waals surface area contributed by atoms with Crippen LogP contribution in [0.1, 0.15) is 23.2 Å². The molecule has 1 aliphatic rings. The molecule has 1 fully saturated rings. The van der Waals surface area contributed by atoms with E-state index < -0.39 is 0 Å². The predicted molar refractivity (Wildman–Crippen MR) is 109 cm³/mol. The average molecular weight is 399 g/mol. The van der Waals surface area contributed by atoms with Crippen LogP contribution in [0.2, 0.25) is 5.02 Å². The molecule has 4 rings (SSSR count). The van der Waals surface area contributed by atoms with Gasteiger partial charge in [-0.25, -0.2) is 4.98 Å². The third-order valence-electron chi connectivity index (χ3n) is 4.50. The number of halogens is 1. The van der Waals surface area contributed by atoms with Crippen LogP contribution in [0.15, 0.2) is 64.5 Å². The number of carbonyl (C=O) groups excluding carboxylic acids is 1. The second-order valence-electron chi connectivity index (χ2n) is 6.40. The summed E-state index contributed by atoms with van der Waals surface area (Å²) in [6, 6.07) is 17.1. The average Bonchev–Trinajstić information content (AvgIpc) is 3.21. The summed E-state index contributed by atoms with van der Waals surface area (Å²) in [5.41, 5.74) is 1.41. The number of hydrogen-bond acceptors (Lipinski definition) is 4. The maximum Gasteiger partial charge on any atom is 0.252 e. The van der Waals surface area contributed by atoms with Crippen LogP contribution in [0.25, 0.3) is 10.9 Å². The van der Waals surface area contributed by atoms with Gasteiger partial charge in [0.1, 0.15) is 5.03 Å². The Bertz CT molecular complexity index is 973. The van der Waals surface area contributed by atoms with E-state index in [1.165, 1.54) is 11.8 Å². The van der Waals surface area contributed by atoms with Crippen molar-refractivity contribution in [1.29, 1.82) is 0 Å². The quantitative estimate of drug-likeness (QED) is 0.660. The van der Waals surface area contributed by atoms with Crippen LogP contribution in [-0.2, 0) is 4.74 Å². The van der Waals surface area contributed by atoms with Crippen molar-refractivity contribution >= 4 is 40.2 Å². The first kappa shape index (κ1) is 18.3. The lowest BCUT2D eigenvalue weighted by molar-refractivity contribution is 0.0859. The van der Waals surface area contributed by atoms with Gasteiger partial charge < -0.3 is 10.1 Å². The molecule has 1 saturated heterocycles. The van der Waals surface area contributed by atoms with E-state index in [0.717, 1.165) is 40.3 Å². The smallest absolute Gasteiger partial charge is 0.252 e. The number of nitrogens with one attached hydrogen (secondary N) is 1. The fourth-order valence-corrected chi connectivity index (χ4v) is 4.25. The maximum atomic E-state index is 12.9. The Hall–Kier alpha value is -2.08. The van der Waals surface area contributed by atoms with Gasteiger partial charge in [-0.05, 0) is 37.1 Å². The van der Waals surface area contributed by atoms with Crippen LogP contribution in [0.5, 0.6) is 0 Å². The number of pyridine rings is 1. The monoisotopic (exact) mass is 398 g/mol. The molecule has 1 amide bonds. The Labute approximate surface area is 167 Å². The molecule has 27 heavy (non-hydrogen) atoms. The van der Waals surface area contributed by atoms with Gasteiger partial charge in [0.25, 0.3) is 5.91 Å². The number of ether oxygens (including phenoxy) is 1. The minimum Gasteiger partial charge on any atom is -0.376 e. The highest BCUT2D eigenvalue weighted by Crippen LogP contribution is 2.34. The van der Waals surface area contributed by atoms with E-state index >= 15 is 0 Å². The lowest BCUT2D eigenvalue weighted by atomic mass is 10.1. The van der Waals surface area contributed by atoms with E-state index in [9.17, 15) is 4.79 Å². The molecule has 6 heteroatoms. The molecule has 1 aliphatic heterocycles. The summed E-state index contributed by atoms with van der Waals surface area (Å²) in [6.45, 7) is 1.31. The van der Waals surface area contributed by atoms with E-state index in [1.54, 1.807) is 0 Å². The molecular weight excluding hydrogens is 380 g/mol. The first-order valence-electron chi connectivity index (χ1n) is 8.93. The standard InChI is InChI=1S/C21H19ClN2O2S/c22-17-8-2-4-10-19(17)27-20-12-16(15-7-1-3-9-18(15)24-20)21(25)23-13-14-6-5-11-26-14/h1-4,7-10,12,14H,5-6,11,13H2,(H,23,25)/t14-/m0/s1. The Balaban J connectivity index is 1.63. The van der Waals surface area contributed by atoms with Crippen molar-refractivity contribution in [2.24, 2.45) is 0 Å². The molecule has 1 aromatic heterocycles. The van der Waals surface area contributed by atoms with Crippen LogP contribution < -0.4 is 5.32 Å². The van der Waals surface area contributed by atoms with E-state index in [0.29, 0.717) is 17.1 Å². The topological polar surface area (TPSA) is 51.2 Å². The summed E-state index contributed by atoms with van der Waals surface area (Å²) >= 11 is 7.73. The number of hydrogen-bond donors (Lipinski definition) is 1. The van der Waals surface area contributed by atoms with Gasteiger partial charge in [0.15, 0.2) is 0 Å². The number of rotatable bonds is 5. The molecule has 0 saturated carbocycles. The first-order valence-corrected chi connectivity index (χ1v) is 10.1. The van der Waals surface area contributed by atoms with Gasteiger partial charge in [0, 0.05) is 23.4 Å². The van der Waals surface area contributed by atoms with Gasteiger partial charge in [-0.2, -0.15) is 0 Å². The third kappa shape index (κ3) is 4.26. The van der Waals surface area contributed by atoms with Crippen molar-refractivity contribution in [3.63, 3.8) is 0 Å². The van der Waals surface area contributed by atoms with Crippen molar-refractivity contribution in [2.45, 2.75) is 28.9 Å². The van der Waals surface area contributed by atoms with E-state index in [1.807, 2.05) is 54.6 Å². The molecule has 0 radical (unpaired) electrons. The summed E-state index contributed by atoms with van der Waals surface area (Å²) in [6.07, 6.45) is 2.15. The highest BCUT2D eigenvalue weighted by atomic mass is 35.5. The fraction of sp³-hybridized carbons (Fsp3) is 0.238. The largest absolute Gasteiger partial charge is 0.376 e. The zero-order valence-electron chi connectivity index (χ0n) is 14.7. The second-order valence-corrected chi connectivity index (χ2v) is 7.87. The number of benzene rings is 2. The van der Waals surface area contributed by atoms with E-state index in [2.05, 4.69) is 5.32 Å². The summed E-state index contributed by atoms with van der Waals surface area (Å²) in [7, 11) is 0. The lowest BCUT2D eigenvalue weighted by Crippen LogP contribution is -2.31. The molecule has 138 valence electrons. The zero-order valence-corrected chi connectivity index (χ0v) is 16.2. The van der Waals surface area contributed by atoms with Gasteiger partial charge >= 0.3 is 0 Å². The van der Waals surface area contributed by atoms with Crippen molar-refractivity contribution < 1.29 is 9.53 Å². The molecule has 1 atom stereocenters. The number of aromatic nitrogens is 1. The molecular formula is C21H19ClN2O2S. The third-order valence-corrected chi connectivity index (χ3v) is 5.94. The van der Waals surface area contributed by atoms with Gasteiger partial charge in [-0.15, -0.1) is 0 Å². The SMILES string of the molecule is O=C(NC[C@@H]1CCCO1)c1cc(Sc2ccccc2Cl)nc2ccccc12. The highest BCUT2D eigenvalue weighted by Gasteiger charge is 2.18. The number of carbonyl (C=O) groups is 1. The minimum absolute atomic E-state index is 0.106. The number of para-hydroxylation sites is 1. The van der Waals surface area contributed by atoms with Crippen LogP contribution in [0.4, 0.5) is 0 Å². The Kier molecular flexibility index (Phi) is 5.62. The van der Waals surface area contributed by atoms with E-state index in [-0.39, 0.29) is 12.0 Å². The lowest BCUT2D eigenvalue weighted by Gasteiger charge is -2.13. The van der Waals surface area contributed by atoms with Crippen molar-refractivity contribution in [3.05, 3.63) is 65.2 Å². The minimum atomic E-state index is -0.106. The zero-order chi connectivity index (χ0) is 18.6. The van der Waals surface area contributed by atoms with Gasteiger partial charge in [-0.3, -0.25) is 4.79 Å². The fourth-order valence-electron chi connectivity index (χ4n) is 3.14. The molecule has 0 spiro atoms. The molecule has 1 N–H and O–H groups in total. The predicted octanol–water partition coefficient (Wildman–Crippen LogP) is 4.95. The van der Waals surface area contributed by atoms with Gasteiger partial charge in [0.05, 0.1) is 22.2 Å². The molecule has 2 aromatic carbocycles. The summed E-state index contributed by atoms with van der Waals surface area (Å²) in [5, 5.41) is 5.26. The normalized spacial score (nSPS) is 16.6. The van der Waals surface area contributed by atoms with Crippen molar-refractivity contribution in [1.82, 2.24) is 10.3 Å². The van der Waals surface area contributed by atoms with Gasteiger partial charge in [-0.1, -0.05) is 53.7 Å². The number of fused-ring (bicyclic) bond motifs is 1. The Morgan fingerprint density at radius 2 is 2.04 bits per heavy atom. The van der Waals surface area contributed by atoms with Crippen molar-refractivity contribution in [3.8, 4) is 0 Å². The molecule has 2 heterocycles. The number of amides is 1. The molecule has 0 aliphatic carbocycles. The van der Waals surface area contributed by atoms with Crippen LogP contribution in [-0.4, -0.2) is 30.1 Å². The van der Waals surface area contributed by atoms with Crippen LogP contribution in [0, 0.1) is 0 Å². The van der Waals surface area contributed by atoms with Crippen molar-refractivity contribution in [2.75, 3.05) is 13.2 Å². The first-order chi connectivity index (χ1) is 13.2. The van der Waals surface area contributed by atoms with Crippen LogP contribution in [0.3, 0.4) is 0 Å². The molecule has 0 bridgehead atoms. The Morgan fingerprint density at radius 3 is 2.85 bits per heavy atom. The summed E-state index contributed by atoms with van der Waals surface area (Å²) < 4.78 is 5.60. The number of nitrogens with zero attached hydrogens (tertiary/aromatic N) is 1. The van der Waals surface area contributed by atoms with E-state index in [4.69, 9.17) is 21.3 Å². The molecule has 0 unspecified atom stereocenters. The maximum absolute atomic E-state index is 12.9. The highest BCUT2D eigenvalue weighted by molar-refractivity contribution is 7.99. The van der Waals surface area contributed by atoms with Gasteiger partial charge in [0.2, 0.25) is 0 Å². The second kappa shape index (κ2) is 8.30. The van der Waals surface area contributed by atoms with Crippen LogP contribution >= 0.6 is 23.4 Å². The molecule has 3 aromatic rings. The Morgan fingerprint density at radius 1 is 1.22 bits per heavy atom.